The molecule has 5 atom stereocenters. The summed E-state index contributed by atoms with van der Waals surface area (Å²) in [6, 6.07) is 54.2. The number of carbonyl (C=O) groups excluding carboxylic acids is 1. The Labute approximate surface area is 292 Å². The molecule has 5 N–H and O–H groups in total. The van der Waals surface area contributed by atoms with Crippen molar-refractivity contribution < 1.29 is 30.3 Å². The minimum absolute atomic E-state index is 0.542. The molecule has 0 aromatic heterocycles. The van der Waals surface area contributed by atoms with Gasteiger partial charge in [0, 0.05) is 0 Å². The molecule has 6 aromatic carbocycles. The van der Waals surface area contributed by atoms with Gasteiger partial charge in [-0.15, -0.1) is 0 Å². The molecule has 0 spiro atoms. The van der Waals surface area contributed by atoms with Gasteiger partial charge in [-0.3, -0.25) is 4.79 Å². The first-order valence-corrected chi connectivity index (χ1v) is 16.6. The smallest absolute Gasteiger partial charge is 0.183 e. The highest BCUT2D eigenvalue weighted by Gasteiger charge is 2.53. The minimum atomic E-state index is -2.19. The van der Waals surface area contributed by atoms with Gasteiger partial charge in [0.05, 0.1) is 5.41 Å². The highest BCUT2D eigenvalue weighted by molar-refractivity contribution is 6.01. The second-order valence-electron chi connectivity index (χ2n) is 12.5. The van der Waals surface area contributed by atoms with Crippen molar-refractivity contribution in [1.82, 2.24) is 0 Å². The van der Waals surface area contributed by atoms with Crippen LogP contribution in [0.5, 0.6) is 0 Å². The quantitative estimate of drug-likeness (QED) is 0.105. The molecule has 0 aliphatic rings. The van der Waals surface area contributed by atoms with Crippen LogP contribution < -0.4 is 0 Å². The molecule has 0 aliphatic heterocycles. The van der Waals surface area contributed by atoms with Crippen LogP contribution in [0, 0.1) is 0 Å². The summed E-state index contributed by atoms with van der Waals surface area (Å²) in [4.78, 5) is 14.9. The zero-order valence-electron chi connectivity index (χ0n) is 27.4. The molecule has 0 radical (unpaired) electrons. The van der Waals surface area contributed by atoms with Crippen LogP contribution in [0.15, 0.2) is 182 Å². The summed E-state index contributed by atoms with van der Waals surface area (Å²) in [5.41, 5.74) is 0.464. The van der Waals surface area contributed by atoms with E-state index in [-0.39, 0.29) is 0 Å². The van der Waals surface area contributed by atoms with Crippen LogP contribution in [0.1, 0.15) is 33.4 Å². The summed E-state index contributed by atoms with van der Waals surface area (Å²) < 4.78 is 0. The summed E-state index contributed by atoms with van der Waals surface area (Å²) in [5, 5.41) is 59.4. The summed E-state index contributed by atoms with van der Waals surface area (Å²) >= 11 is 0. The average molecular weight is 665 g/mol. The normalized spacial score (nSPS) is 15.0. The van der Waals surface area contributed by atoms with E-state index < -0.39 is 47.1 Å². The number of Topliss-reactive ketones (excluding diaryl/α,β-unsaturated/α-hetero) is 1. The molecule has 6 heteroatoms. The molecule has 1 unspecified atom stereocenters. The number of aliphatic hydroxyl groups excluding tert-OH is 5. The van der Waals surface area contributed by atoms with Crippen molar-refractivity contribution in [2.24, 2.45) is 0 Å². The molecule has 50 heavy (non-hydrogen) atoms. The minimum Gasteiger partial charge on any atom is -0.389 e. The van der Waals surface area contributed by atoms with Gasteiger partial charge in [-0.25, -0.2) is 0 Å². The average Bonchev–Trinajstić information content (AvgIpc) is 3.19. The van der Waals surface area contributed by atoms with Crippen molar-refractivity contribution in [3.05, 3.63) is 215 Å². The summed E-state index contributed by atoms with van der Waals surface area (Å²) in [6.07, 6.45) is -10.3. The Morgan fingerprint density at radius 2 is 0.620 bits per heavy atom. The van der Waals surface area contributed by atoms with Crippen LogP contribution in [0.4, 0.5) is 0 Å². The summed E-state index contributed by atoms with van der Waals surface area (Å²) in [5.74, 6) is -0.810. The van der Waals surface area contributed by atoms with Crippen LogP contribution in [0.25, 0.3) is 0 Å². The van der Waals surface area contributed by atoms with E-state index in [1.54, 1.807) is 72.8 Å². The van der Waals surface area contributed by atoms with Crippen molar-refractivity contribution in [2.75, 3.05) is 0 Å². The Morgan fingerprint density at radius 3 is 0.900 bits per heavy atom. The highest BCUT2D eigenvalue weighted by Crippen LogP contribution is 2.45. The van der Waals surface area contributed by atoms with Crippen molar-refractivity contribution in [1.29, 1.82) is 0 Å². The molecule has 0 heterocycles. The lowest BCUT2D eigenvalue weighted by Crippen LogP contribution is -2.59. The van der Waals surface area contributed by atoms with Gasteiger partial charge >= 0.3 is 0 Å². The second kappa shape index (κ2) is 15.1. The van der Waals surface area contributed by atoms with Crippen molar-refractivity contribution in [3.8, 4) is 0 Å². The first-order chi connectivity index (χ1) is 24.3. The number of ketones is 1. The van der Waals surface area contributed by atoms with Crippen molar-refractivity contribution in [2.45, 2.75) is 41.3 Å². The molecule has 252 valence electrons. The lowest BCUT2D eigenvalue weighted by Gasteiger charge is -2.44. The molecular weight excluding hydrogens is 624 g/mol. The van der Waals surface area contributed by atoms with Crippen LogP contribution in [0.2, 0.25) is 0 Å². The third kappa shape index (κ3) is 6.09. The van der Waals surface area contributed by atoms with Crippen LogP contribution in [-0.2, 0) is 15.6 Å². The second-order valence-corrected chi connectivity index (χ2v) is 12.5. The van der Waals surface area contributed by atoms with Gasteiger partial charge in [0.2, 0.25) is 0 Å². The largest absolute Gasteiger partial charge is 0.389 e. The number of carbonyl (C=O) groups is 1. The molecule has 0 aliphatic carbocycles. The number of aliphatic hydroxyl groups is 5. The third-order valence-corrected chi connectivity index (χ3v) is 9.74. The number of hydrogen-bond acceptors (Lipinski definition) is 6. The maximum absolute atomic E-state index is 14.9. The Bertz CT molecular complexity index is 1740. The van der Waals surface area contributed by atoms with E-state index in [4.69, 9.17) is 0 Å². The van der Waals surface area contributed by atoms with E-state index in [1.165, 1.54) is 0 Å². The van der Waals surface area contributed by atoms with Crippen LogP contribution in [-0.4, -0.2) is 61.8 Å². The van der Waals surface area contributed by atoms with Crippen LogP contribution in [0.3, 0.4) is 0 Å². The maximum atomic E-state index is 14.9. The first kappa shape index (κ1) is 34.6. The lowest BCUT2D eigenvalue weighted by atomic mass is 9.63. The fourth-order valence-corrected chi connectivity index (χ4v) is 7.32. The monoisotopic (exact) mass is 664 g/mol. The Morgan fingerprint density at radius 1 is 0.360 bits per heavy atom. The lowest BCUT2D eigenvalue weighted by molar-refractivity contribution is -0.158. The molecule has 0 saturated carbocycles. The van der Waals surface area contributed by atoms with E-state index in [0.29, 0.717) is 33.4 Å². The van der Waals surface area contributed by atoms with Gasteiger partial charge in [0.25, 0.3) is 0 Å². The molecule has 6 rings (SSSR count). The van der Waals surface area contributed by atoms with Crippen LogP contribution >= 0.6 is 0 Å². The number of rotatable bonds is 13. The van der Waals surface area contributed by atoms with Gasteiger partial charge in [-0.2, -0.15) is 0 Å². The molecule has 0 bridgehead atoms. The van der Waals surface area contributed by atoms with Gasteiger partial charge in [0.1, 0.15) is 35.9 Å². The molecule has 0 fully saturated rings. The number of hydrogen-bond donors (Lipinski definition) is 5. The van der Waals surface area contributed by atoms with E-state index in [1.807, 2.05) is 109 Å². The van der Waals surface area contributed by atoms with E-state index in [0.717, 1.165) is 0 Å². The van der Waals surface area contributed by atoms with E-state index in [2.05, 4.69) is 0 Å². The zero-order chi connectivity index (χ0) is 35.1. The third-order valence-electron chi connectivity index (χ3n) is 9.74. The summed E-state index contributed by atoms with van der Waals surface area (Å²) in [6.45, 7) is 0. The van der Waals surface area contributed by atoms with Crippen molar-refractivity contribution >= 4 is 5.78 Å². The Balaban J connectivity index is 1.44. The molecule has 0 saturated heterocycles. The predicted octanol–water partition coefficient (Wildman–Crippen LogP) is 5.43. The van der Waals surface area contributed by atoms with Gasteiger partial charge in [-0.1, -0.05) is 182 Å². The fourth-order valence-electron chi connectivity index (χ4n) is 7.32. The Kier molecular flexibility index (Phi) is 10.5. The van der Waals surface area contributed by atoms with Gasteiger partial charge in [-0.05, 0) is 33.4 Å². The number of benzene rings is 6. The van der Waals surface area contributed by atoms with Gasteiger partial charge in [0.15, 0.2) is 5.78 Å². The van der Waals surface area contributed by atoms with Crippen molar-refractivity contribution in [3.63, 3.8) is 0 Å². The molecule has 6 aromatic rings. The van der Waals surface area contributed by atoms with E-state index in [9.17, 15) is 30.3 Å². The zero-order valence-corrected chi connectivity index (χ0v) is 27.4. The van der Waals surface area contributed by atoms with Gasteiger partial charge < -0.3 is 25.5 Å². The molecule has 6 nitrogen and oxygen atoms in total. The highest BCUT2D eigenvalue weighted by atomic mass is 16.4. The summed E-state index contributed by atoms with van der Waals surface area (Å²) in [7, 11) is 0. The SMILES string of the molecule is O=C([C@H](O)[C@@H](O)[C@H](O)[C@H](O)C(O)C(c1ccccc1)(c1ccccc1)c1ccccc1)C(c1ccccc1)(c1ccccc1)c1ccccc1. The van der Waals surface area contributed by atoms with E-state index >= 15 is 0 Å². The standard InChI is InChI=1S/C44H40O6/c45-37(39(47)41(49)43(31-19-7-1-8-20-31,32-21-9-2-10-22-32)33-23-11-3-12-24-33)38(46)40(48)42(50)44(34-25-13-4-14-26-34,35-27-15-5-16-28-35)36-29-17-6-18-30-36/h1-30,37-41,45-49H/t37-,38-,39-,40+,41?/m0/s1. The fraction of sp³-hybridized carbons (Fsp3) is 0.159. The predicted molar refractivity (Wildman–Crippen MR) is 193 cm³/mol. The Hall–Kier alpha value is -5.21. The molecule has 0 amide bonds. The maximum Gasteiger partial charge on any atom is 0.183 e. The first-order valence-electron chi connectivity index (χ1n) is 16.6. The molecular formula is C44H40O6. The topological polar surface area (TPSA) is 118 Å².